The van der Waals surface area contributed by atoms with Crippen LogP contribution >= 0.6 is 0 Å². The summed E-state index contributed by atoms with van der Waals surface area (Å²) < 4.78 is 2.26. The molecule has 0 spiro atoms. The van der Waals surface area contributed by atoms with Crippen LogP contribution in [-0.4, -0.2) is 64.9 Å². The number of amides is 1. The number of aromatic nitrogens is 1. The third kappa shape index (κ3) is 4.15. The maximum absolute atomic E-state index is 13.2. The van der Waals surface area contributed by atoms with Crippen molar-refractivity contribution in [3.8, 4) is 0 Å². The van der Waals surface area contributed by atoms with Gasteiger partial charge in [0.1, 0.15) is 5.69 Å². The Balaban J connectivity index is 1.46. The largest absolute Gasteiger partial charge is 0.339 e. The second-order valence-electron chi connectivity index (χ2n) is 8.36. The third-order valence-corrected chi connectivity index (χ3v) is 6.34. The minimum atomic E-state index is 0.178. The average molecular weight is 381 g/mol. The van der Waals surface area contributed by atoms with Gasteiger partial charge in [-0.2, -0.15) is 0 Å². The van der Waals surface area contributed by atoms with Crippen LogP contribution in [-0.2, 0) is 19.6 Å². The molecule has 5 nitrogen and oxygen atoms in total. The second kappa shape index (κ2) is 8.50. The molecule has 0 N–H and O–H groups in total. The van der Waals surface area contributed by atoms with E-state index in [4.69, 9.17) is 0 Å². The SMILES string of the molecule is CN1CCC(N(C)C(=O)c2ccc3n2CCCN(Cc2ccccc2)C3)CC1. The first-order chi connectivity index (χ1) is 13.6. The summed E-state index contributed by atoms with van der Waals surface area (Å²) in [7, 11) is 4.14. The minimum Gasteiger partial charge on any atom is -0.339 e. The number of likely N-dealkylation sites (tertiary alicyclic amines) is 1. The summed E-state index contributed by atoms with van der Waals surface area (Å²) in [6.45, 7) is 6.00. The van der Waals surface area contributed by atoms with E-state index in [1.807, 2.05) is 18.0 Å². The van der Waals surface area contributed by atoms with Crippen LogP contribution < -0.4 is 0 Å². The smallest absolute Gasteiger partial charge is 0.270 e. The highest BCUT2D eigenvalue weighted by Gasteiger charge is 2.27. The number of carbonyl (C=O) groups excluding carboxylic acids is 1. The maximum Gasteiger partial charge on any atom is 0.270 e. The van der Waals surface area contributed by atoms with Gasteiger partial charge in [-0.3, -0.25) is 9.69 Å². The van der Waals surface area contributed by atoms with E-state index in [0.717, 1.165) is 64.2 Å². The van der Waals surface area contributed by atoms with Gasteiger partial charge < -0.3 is 14.4 Å². The standard InChI is InChI=1S/C23H32N4O/c1-24-15-11-20(12-16-24)25(2)23(28)22-10-9-21-18-26(13-6-14-27(21)22)17-19-7-4-3-5-8-19/h3-5,7-10,20H,6,11-18H2,1-2H3. The van der Waals surface area contributed by atoms with E-state index in [1.165, 1.54) is 11.3 Å². The zero-order chi connectivity index (χ0) is 19.5. The van der Waals surface area contributed by atoms with Gasteiger partial charge in [0.2, 0.25) is 0 Å². The number of hydrogen-bond acceptors (Lipinski definition) is 3. The number of nitrogens with zero attached hydrogens (tertiary/aromatic N) is 4. The van der Waals surface area contributed by atoms with Crippen molar-refractivity contribution in [3.05, 3.63) is 59.4 Å². The van der Waals surface area contributed by atoms with Gasteiger partial charge in [-0.25, -0.2) is 0 Å². The molecule has 4 rings (SSSR count). The number of hydrogen-bond donors (Lipinski definition) is 0. The molecule has 2 aliphatic rings. The Morgan fingerprint density at radius 2 is 1.79 bits per heavy atom. The van der Waals surface area contributed by atoms with Crippen molar-refractivity contribution in [2.45, 2.75) is 44.9 Å². The van der Waals surface area contributed by atoms with Crippen LogP contribution in [0.5, 0.6) is 0 Å². The Bertz CT molecular complexity index is 792. The summed E-state index contributed by atoms with van der Waals surface area (Å²) in [4.78, 5) is 20.0. The van der Waals surface area contributed by atoms with E-state index in [9.17, 15) is 4.79 Å². The number of rotatable bonds is 4. The van der Waals surface area contributed by atoms with E-state index in [2.05, 4.69) is 57.8 Å². The summed E-state index contributed by atoms with van der Waals surface area (Å²) in [5, 5.41) is 0. The highest BCUT2D eigenvalue weighted by molar-refractivity contribution is 5.93. The van der Waals surface area contributed by atoms with E-state index < -0.39 is 0 Å². The Hall–Kier alpha value is -2.11. The number of benzene rings is 1. The van der Waals surface area contributed by atoms with Crippen LogP contribution in [0.4, 0.5) is 0 Å². The molecule has 0 saturated carbocycles. The molecule has 2 aromatic rings. The van der Waals surface area contributed by atoms with Gasteiger partial charge in [-0.05, 0) is 57.1 Å². The first-order valence-electron chi connectivity index (χ1n) is 10.5. The van der Waals surface area contributed by atoms with Crippen LogP contribution in [0.15, 0.2) is 42.5 Å². The second-order valence-corrected chi connectivity index (χ2v) is 8.36. The molecule has 3 heterocycles. The molecule has 5 heteroatoms. The molecule has 1 fully saturated rings. The molecule has 0 atom stereocenters. The lowest BCUT2D eigenvalue weighted by Gasteiger charge is -2.35. The Labute approximate surface area is 168 Å². The molecule has 0 bridgehead atoms. The predicted molar refractivity (Wildman–Crippen MR) is 112 cm³/mol. The normalized spacial score (nSPS) is 19.2. The van der Waals surface area contributed by atoms with Gasteiger partial charge in [-0.1, -0.05) is 30.3 Å². The fourth-order valence-electron chi connectivity index (χ4n) is 4.56. The molecule has 0 radical (unpaired) electrons. The zero-order valence-electron chi connectivity index (χ0n) is 17.2. The first-order valence-corrected chi connectivity index (χ1v) is 10.5. The molecular weight excluding hydrogens is 348 g/mol. The zero-order valence-corrected chi connectivity index (χ0v) is 17.2. The number of piperidine rings is 1. The minimum absolute atomic E-state index is 0.178. The molecule has 0 unspecified atom stereocenters. The molecule has 150 valence electrons. The van der Waals surface area contributed by atoms with Crippen molar-refractivity contribution in [1.82, 2.24) is 19.3 Å². The fourth-order valence-corrected chi connectivity index (χ4v) is 4.56. The number of carbonyl (C=O) groups is 1. The first kappa shape index (κ1) is 19.2. The molecule has 1 saturated heterocycles. The summed E-state index contributed by atoms with van der Waals surface area (Å²) in [6.07, 6.45) is 3.21. The van der Waals surface area contributed by atoms with Gasteiger partial charge >= 0.3 is 0 Å². The Morgan fingerprint density at radius 1 is 1.04 bits per heavy atom. The van der Waals surface area contributed by atoms with Gasteiger partial charge in [-0.15, -0.1) is 0 Å². The summed E-state index contributed by atoms with van der Waals surface area (Å²) >= 11 is 0. The quantitative estimate of drug-likeness (QED) is 0.817. The summed E-state index contributed by atoms with van der Waals surface area (Å²) in [5.41, 5.74) is 3.47. The van der Waals surface area contributed by atoms with E-state index in [1.54, 1.807) is 0 Å². The highest BCUT2D eigenvalue weighted by atomic mass is 16.2. The molecule has 1 aromatic heterocycles. The van der Waals surface area contributed by atoms with Crippen molar-refractivity contribution >= 4 is 5.91 Å². The number of fused-ring (bicyclic) bond motifs is 1. The molecule has 2 aliphatic heterocycles. The molecule has 28 heavy (non-hydrogen) atoms. The third-order valence-electron chi connectivity index (χ3n) is 6.34. The molecule has 1 amide bonds. The van der Waals surface area contributed by atoms with Crippen LogP contribution in [0.2, 0.25) is 0 Å². The van der Waals surface area contributed by atoms with Crippen molar-refractivity contribution in [3.63, 3.8) is 0 Å². The van der Waals surface area contributed by atoms with Gasteiger partial charge in [0.05, 0.1) is 0 Å². The lowest BCUT2D eigenvalue weighted by molar-refractivity contribution is 0.0648. The van der Waals surface area contributed by atoms with Crippen LogP contribution in [0.3, 0.4) is 0 Å². The van der Waals surface area contributed by atoms with Crippen LogP contribution in [0, 0.1) is 0 Å². The highest BCUT2D eigenvalue weighted by Crippen LogP contribution is 2.22. The molecule has 0 aliphatic carbocycles. The van der Waals surface area contributed by atoms with Crippen molar-refractivity contribution in [2.24, 2.45) is 0 Å². The van der Waals surface area contributed by atoms with Crippen molar-refractivity contribution in [2.75, 3.05) is 33.7 Å². The van der Waals surface area contributed by atoms with Gasteiger partial charge in [0.25, 0.3) is 5.91 Å². The van der Waals surface area contributed by atoms with E-state index in [-0.39, 0.29) is 5.91 Å². The predicted octanol–water partition coefficient (Wildman–Crippen LogP) is 3.06. The van der Waals surface area contributed by atoms with Gasteiger partial charge in [0, 0.05) is 45.0 Å². The molecular formula is C23H32N4O. The van der Waals surface area contributed by atoms with Crippen LogP contribution in [0.1, 0.15) is 41.0 Å². The van der Waals surface area contributed by atoms with Crippen molar-refractivity contribution < 1.29 is 4.79 Å². The lowest BCUT2D eigenvalue weighted by Crippen LogP contribution is -2.45. The van der Waals surface area contributed by atoms with E-state index in [0.29, 0.717) is 6.04 Å². The fraction of sp³-hybridized carbons (Fsp3) is 0.522. The molecule has 1 aromatic carbocycles. The monoisotopic (exact) mass is 380 g/mol. The summed E-state index contributed by atoms with van der Waals surface area (Å²) in [5.74, 6) is 0.178. The topological polar surface area (TPSA) is 31.7 Å². The maximum atomic E-state index is 13.2. The average Bonchev–Trinajstić information content (AvgIpc) is 3.00. The van der Waals surface area contributed by atoms with Crippen LogP contribution in [0.25, 0.3) is 0 Å². The summed E-state index contributed by atoms with van der Waals surface area (Å²) in [6, 6.07) is 15.2. The lowest BCUT2D eigenvalue weighted by atomic mass is 10.0. The van der Waals surface area contributed by atoms with Gasteiger partial charge in [0.15, 0.2) is 0 Å². The Morgan fingerprint density at radius 3 is 2.54 bits per heavy atom. The van der Waals surface area contributed by atoms with E-state index >= 15 is 0 Å². The Kier molecular flexibility index (Phi) is 5.83. The van der Waals surface area contributed by atoms with Crippen molar-refractivity contribution in [1.29, 1.82) is 0 Å².